The first-order valence-corrected chi connectivity index (χ1v) is 15.1. The third kappa shape index (κ3) is 6.68. The van der Waals surface area contributed by atoms with Crippen molar-refractivity contribution in [2.75, 3.05) is 30.3 Å². The molecular weight excluding hydrogens is 480 g/mol. The van der Waals surface area contributed by atoms with Crippen LogP contribution in [0.1, 0.15) is 103 Å². The van der Waals surface area contributed by atoms with Gasteiger partial charge < -0.3 is 30.6 Å². The Morgan fingerprint density at radius 1 is 0.974 bits per heavy atom. The third-order valence-electron chi connectivity index (χ3n) is 8.56. The van der Waals surface area contributed by atoms with Crippen molar-refractivity contribution in [3.63, 3.8) is 0 Å². The van der Waals surface area contributed by atoms with Crippen molar-refractivity contribution < 1.29 is 9.53 Å². The highest BCUT2D eigenvalue weighted by molar-refractivity contribution is 5.84. The van der Waals surface area contributed by atoms with E-state index in [0.717, 1.165) is 68.3 Å². The summed E-state index contributed by atoms with van der Waals surface area (Å²) in [5.41, 5.74) is 7.87. The van der Waals surface area contributed by atoms with Crippen LogP contribution in [0.5, 0.6) is 0 Å². The van der Waals surface area contributed by atoms with Crippen LogP contribution in [0.3, 0.4) is 0 Å². The number of unbranched alkanes of at least 4 members (excludes halogenated alkanes) is 3. The zero-order valence-corrected chi connectivity index (χ0v) is 23.0. The van der Waals surface area contributed by atoms with Gasteiger partial charge in [-0.3, -0.25) is 0 Å². The van der Waals surface area contributed by atoms with E-state index in [1.165, 1.54) is 38.5 Å². The van der Waals surface area contributed by atoms with Gasteiger partial charge in [0.05, 0.1) is 12.9 Å². The van der Waals surface area contributed by atoms with E-state index in [1.54, 1.807) is 0 Å². The molecule has 2 aromatic rings. The molecule has 0 atom stereocenters. The SMILES string of the molecule is CCCCCCOC(=O)N1CCC(Nc2nc(NC3CCC(N)CC3)nc3c2ncn3C2CCCC2)CC1. The summed E-state index contributed by atoms with van der Waals surface area (Å²) in [5.74, 6) is 1.46. The molecule has 1 amide bonds. The van der Waals surface area contributed by atoms with Gasteiger partial charge in [-0.25, -0.2) is 9.78 Å². The number of nitrogens with zero attached hydrogens (tertiary/aromatic N) is 5. The van der Waals surface area contributed by atoms with Crippen molar-refractivity contribution in [1.82, 2.24) is 24.4 Å². The van der Waals surface area contributed by atoms with E-state index in [2.05, 4.69) is 22.1 Å². The topological polar surface area (TPSA) is 123 Å². The molecule has 10 nitrogen and oxygen atoms in total. The van der Waals surface area contributed by atoms with Gasteiger partial charge in [0.25, 0.3) is 0 Å². The number of aromatic nitrogens is 4. The van der Waals surface area contributed by atoms with Crippen LogP contribution in [0.25, 0.3) is 11.2 Å². The fourth-order valence-electron chi connectivity index (χ4n) is 6.16. The van der Waals surface area contributed by atoms with Crippen LogP contribution in [-0.2, 0) is 4.74 Å². The summed E-state index contributed by atoms with van der Waals surface area (Å²) in [4.78, 5) is 29.0. The zero-order chi connectivity index (χ0) is 26.3. The van der Waals surface area contributed by atoms with Gasteiger partial charge in [-0.15, -0.1) is 0 Å². The van der Waals surface area contributed by atoms with Gasteiger partial charge >= 0.3 is 6.09 Å². The van der Waals surface area contributed by atoms with Crippen molar-refractivity contribution in [2.24, 2.45) is 5.73 Å². The summed E-state index contributed by atoms with van der Waals surface area (Å²) >= 11 is 0. The normalized spacial score (nSPS) is 23.2. The van der Waals surface area contributed by atoms with E-state index < -0.39 is 0 Å². The number of carbonyl (C=O) groups is 1. The number of rotatable bonds is 10. The number of nitrogens with one attached hydrogen (secondary N) is 2. The molecule has 0 unspecified atom stereocenters. The number of hydrogen-bond acceptors (Lipinski definition) is 8. The average molecular weight is 527 g/mol. The molecule has 2 aromatic heterocycles. The second-order valence-corrected chi connectivity index (χ2v) is 11.5. The second-order valence-electron chi connectivity index (χ2n) is 11.5. The Hall–Kier alpha value is -2.62. The van der Waals surface area contributed by atoms with Gasteiger partial charge in [-0.05, 0) is 57.8 Å². The first-order chi connectivity index (χ1) is 18.6. The van der Waals surface area contributed by atoms with Gasteiger partial charge in [0.1, 0.15) is 0 Å². The lowest BCUT2D eigenvalue weighted by Gasteiger charge is -2.32. The molecule has 210 valence electrons. The molecule has 0 bridgehead atoms. The highest BCUT2D eigenvalue weighted by atomic mass is 16.6. The predicted octanol–water partition coefficient (Wildman–Crippen LogP) is 5.22. The number of hydrogen-bond donors (Lipinski definition) is 3. The van der Waals surface area contributed by atoms with Crippen LogP contribution >= 0.6 is 0 Å². The van der Waals surface area contributed by atoms with Crippen molar-refractivity contribution in [3.8, 4) is 0 Å². The van der Waals surface area contributed by atoms with Gasteiger partial charge in [0.2, 0.25) is 5.95 Å². The number of imidazole rings is 1. The number of anilines is 2. The largest absolute Gasteiger partial charge is 0.449 e. The molecule has 10 heteroatoms. The maximum Gasteiger partial charge on any atom is 0.409 e. The van der Waals surface area contributed by atoms with Crippen LogP contribution in [0.2, 0.25) is 0 Å². The zero-order valence-electron chi connectivity index (χ0n) is 23.0. The molecular formula is C28H46N8O2. The van der Waals surface area contributed by atoms with Crippen molar-refractivity contribution in [2.45, 2.75) is 121 Å². The Morgan fingerprint density at radius 2 is 1.71 bits per heavy atom. The molecule has 5 rings (SSSR count). The number of amides is 1. The van der Waals surface area contributed by atoms with Crippen molar-refractivity contribution in [3.05, 3.63) is 6.33 Å². The van der Waals surface area contributed by atoms with E-state index in [4.69, 9.17) is 25.4 Å². The van der Waals surface area contributed by atoms with Crippen LogP contribution < -0.4 is 16.4 Å². The minimum absolute atomic E-state index is 0.182. The Bertz CT molecular complexity index is 1040. The highest BCUT2D eigenvalue weighted by Crippen LogP contribution is 2.34. The average Bonchev–Trinajstić information content (AvgIpc) is 3.60. The Kier molecular flexibility index (Phi) is 9.19. The molecule has 0 aromatic carbocycles. The fraction of sp³-hybridized carbons (Fsp3) is 0.786. The molecule has 0 radical (unpaired) electrons. The molecule has 4 N–H and O–H groups in total. The summed E-state index contributed by atoms with van der Waals surface area (Å²) < 4.78 is 7.76. The van der Waals surface area contributed by atoms with Crippen LogP contribution in [-0.4, -0.2) is 68.3 Å². The monoisotopic (exact) mass is 526 g/mol. The Morgan fingerprint density at radius 3 is 2.45 bits per heavy atom. The molecule has 0 spiro atoms. The van der Waals surface area contributed by atoms with Gasteiger partial charge in [-0.1, -0.05) is 39.0 Å². The van der Waals surface area contributed by atoms with Gasteiger partial charge in [-0.2, -0.15) is 9.97 Å². The first kappa shape index (κ1) is 27.0. The van der Waals surface area contributed by atoms with Gasteiger partial charge in [0.15, 0.2) is 17.0 Å². The van der Waals surface area contributed by atoms with Crippen molar-refractivity contribution in [1.29, 1.82) is 0 Å². The molecule has 3 aliphatic rings. The fourth-order valence-corrected chi connectivity index (χ4v) is 6.16. The predicted molar refractivity (Wildman–Crippen MR) is 150 cm³/mol. The molecule has 1 saturated heterocycles. The minimum Gasteiger partial charge on any atom is -0.449 e. The third-order valence-corrected chi connectivity index (χ3v) is 8.56. The number of nitrogens with two attached hydrogens (primary N) is 1. The lowest BCUT2D eigenvalue weighted by Crippen LogP contribution is -2.42. The number of carbonyl (C=O) groups excluding carboxylic acids is 1. The molecule has 3 heterocycles. The van der Waals surface area contributed by atoms with E-state index in [9.17, 15) is 4.79 Å². The smallest absolute Gasteiger partial charge is 0.409 e. The van der Waals surface area contributed by atoms with Gasteiger partial charge in [0, 0.05) is 37.3 Å². The number of fused-ring (bicyclic) bond motifs is 1. The molecule has 2 saturated carbocycles. The van der Waals surface area contributed by atoms with E-state index in [1.807, 2.05) is 11.2 Å². The summed E-state index contributed by atoms with van der Waals surface area (Å²) in [6.07, 6.45) is 16.9. The number of likely N-dealkylation sites (tertiary alicyclic amines) is 1. The maximum absolute atomic E-state index is 12.5. The Balaban J connectivity index is 1.24. The molecule has 38 heavy (non-hydrogen) atoms. The summed E-state index contributed by atoms with van der Waals surface area (Å²) in [7, 11) is 0. The lowest BCUT2D eigenvalue weighted by molar-refractivity contribution is 0.0923. The summed E-state index contributed by atoms with van der Waals surface area (Å²) in [6, 6.07) is 1.33. The summed E-state index contributed by atoms with van der Waals surface area (Å²) in [5, 5.41) is 7.28. The van der Waals surface area contributed by atoms with E-state index in [-0.39, 0.29) is 12.1 Å². The number of piperidine rings is 1. The molecule has 1 aliphatic heterocycles. The van der Waals surface area contributed by atoms with Crippen LogP contribution in [0.4, 0.5) is 16.6 Å². The van der Waals surface area contributed by atoms with E-state index in [0.29, 0.717) is 43.8 Å². The van der Waals surface area contributed by atoms with E-state index >= 15 is 0 Å². The van der Waals surface area contributed by atoms with Crippen molar-refractivity contribution >= 4 is 29.0 Å². The maximum atomic E-state index is 12.5. The lowest BCUT2D eigenvalue weighted by atomic mass is 9.92. The van der Waals surface area contributed by atoms with Crippen LogP contribution in [0, 0.1) is 0 Å². The quantitative estimate of drug-likeness (QED) is 0.360. The second kappa shape index (κ2) is 13.0. The number of ether oxygens (including phenoxy) is 1. The highest BCUT2D eigenvalue weighted by Gasteiger charge is 2.27. The summed E-state index contributed by atoms with van der Waals surface area (Å²) in [6.45, 7) is 4.07. The molecule has 2 aliphatic carbocycles. The standard InChI is InChI=1S/C28H46N8O2/c1-2-3-4-7-18-38-28(37)35-16-14-22(15-17-35)31-25-24-26(36(19-30-24)23-8-5-6-9-23)34-27(33-25)32-21-12-10-20(29)11-13-21/h19-23H,2-18,29H2,1H3,(H2,31,32,33,34). The molecule has 3 fully saturated rings. The Labute approximate surface area is 226 Å². The van der Waals surface area contributed by atoms with Crippen LogP contribution in [0.15, 0.2) is 6.33 Å². The first-order valence-electron chi connectivity index (χ1n) is 15.1. The minimum atomic E-state index is -0.182.